The van der Waals surface area contributed by atoms with Gasteiger partial charge in [-0.2, -0.15) is 4.37 Å². The second-order valence-corrected chi connectivity index (χ2v) is 12.6. The SMILES string of the molecule is C#CCN1C(=O)COc2cc(F)c(/N=c3\snc4n3CC(C)(C)C4)cc21.CCC(CC)Nc1c([N+](=O)[O-])cc(C)c(C)c1[N+](=O)[O-]. The zero-order valence-electron chi connectivity index (χ0n) is 26.5. The Kier molecular flexibility index (Phi) is 10.1. The Morgan fingerprint density at radius 2 is 1.91 bits per heavy atom. The predicted octanol–water partition coefficient (Wildman–Crippen LogP) is 5.98. The molecule has 1 N–H and O–H groups in total. The number of carbonyl (C=O) groups is 1. The third-order valence-corrected chi connectivity index (χ3v) is 8.72. The topological polar surface area (TPSA) is 158 Å². The van der Waals surface area contributed by atoms with Crippen molar-refractivity contribution in [1.29, 1.82) is 0 Å². The van der Waals surface area contributed by atoms with Gasteiger partial charge in [0.2, 0.25) is 4.80 Å². The summed E-state index contributed by atoms with van der Waals surface area (Å²) in [6.07, 6.45) is 7.68. The van der Waals surface area contributed by atoms with E-state index in [1.165, 1.54) is 34.6 Å². The summed E-state index contributed by atoms with van der Waals surface area (Å²) in [5.74, 6) is 2.92. The van der Waals surface area contributed by atoms with Crippen molar-refractivity contribution in [1.82, 2.24) is 8.94 Å². The minimum atomic E-state index is -0.579. The normalized spacial score (nSPS) is 15.0. The first kappa shape index (κ1) is 34.0. The molecule has 5 rings (SSSR count). The number of nitrogens with one attached hydrogen (secondary N) is 1. The van der Waals surface area contributed by atoms with Crippen LogP contribution < -0.4 is 19.8 Å². The largest absolute Gasteiger partial charge is 0.481 e. The first-order chi connectivity index (χ1) is 21.7. The number of nitro groups is 2. The van der Waals surface area contributed by atoms with Gasteiger partial charge in [-0.3, -0.25) is 29.9 Å². The van der Waals surface area contributed by atoms with Crippen LogP contribution in [0.15, 0.2) is 23.2 Å². The number of amides is 1. The number of aromatic nitrogens is 2. The van der Waals surface area contributed by atoms with E-state index in [2.05, 4.69) is 34.5 Å². The molecule has 2 aliphatic heterocycles. The van der Waals surface area contributed by atoms with Gasteiger partial charge in [0.05, 0.1) is 22.1 Å². The minimum Gasteiger partial charge on any atom is -0.481 e. The summed E-state index contributed by atoms with van der Waals surface area (Å²) in [7, 11) is 0. The van der Waals surface area contributed by atoms with Crippen molar-refractivity contribution < 1.29 is 23.8 Å². The van der Waals surface area contributed by atoms with Crippen molar-refractivity contribution in [3.63, 3.8) is 0 Å². The van der Waals surface area contributed by atoms with Gasteiger partial charge in [0.25, 0.3) is 11.6 Å². The highest BCUT2D eigenvalue weighted by Gasteiger charge is 2.32. The standard InChI is InChI=1S/C18H17FN4O2S.C13H19N3O4/c1-4-5-22-13-7-12(11(19)6-14(13)25-9-16(22)24)20-17-23-10-18(2,3)8-15(23)21-26-17;1-5-10(6-2)14-12-11(15(17)18)7-8(3)9(4)13(12)16(19)20/h1,6-7H,5,8-10H2,2-3H3;7,10,14H,5-6H2,1-4H3/b20-17-;. The molecule has 15 heteroatoms. The highest BCUT2D eigenvalue weighted by atomic mass is 32.1. The van der Waals surface area contributed by atoms with Gasteiger partial charge in [-0.05, 0) is 43.7 Å². The van der Waals surface area contributed by atoms with Crippen LogP contribution in [0.1, 0.15) is 57.5 Å². The van der Waals surface area contributed by atoms with E-state index in [1.54, 1.807) is 13.8 Å². The maximum atomic E-state index is 14.5. The molecule has 13 nitrogen and oxygen atoms in total. The predicted molar refractivity (Wildman–Crippen MR) is 173 cm³/mol. The van der Waals surface area contributed by atoms with Gasteiger partial charge in [0.1, 0.15) is 17.3 Å². The monoisotopic (exact) mass is 653 g/mol. The fourth-order valence-corrected chi connectivity index (χ4v) is 6.10. The Morgan fingerprint density at radius 1 is 1.22 bits per heavy atom. The molecule has 0 saturated carbocycles. The molecule has 2 aromatic carbocycles. The fourth-order valence-electron chi connectivity index (χ4n) is 5.34. The number of carbonyl (C=O) groups excluding carboxylic acids is 1. The van der Waals surface area contributed by atoms with Crippen LogP contribution in [0.5, 0.6) is 5.75 Å². The number of nitrogens with zero attached hydrogens (tertiary/aromatic N) is 6. The molecular weight excluding hydrogens is 617 g/mol. The van der Waals surface area contributed by atoms with Crippen molar-refractivity contribution in [3.05, 3.63) is 66.0 Å². The molecule has 1 aromatic heterocycles. The first-order valence-corrected chi connectivity index (χ1v) is 15.5. The highest BCUT2D eigenvalue weighted by Crippen LogP contribution is 2.40. The van der Waals surface area contributed by atoms with E-state index in [0.717, 1.165) is 31.6 Å². The summed E-state index contributed by atoms with van der Waals surface area (Å²) < 4.78 is 26.3. The molecule has 46 heavy (non-hydrogen) atoms. The lowest BCUT2D eigenvalue weighted by molar-refractivity contribution is -0.392. The Balaban J connectivity index is 0.000000217. The van der Waals surface area contributed by atoms with E-state index >= 15 is 0 Å². The summed E-state index contributed by atoms with van der Waals surface area (Å²) in [5, 5.41) is 25.4. The van der Waals surface area contributed by atoms with E-state index in [1.807, 2.05) is 18.4 Å². The Hall–Kier alpha value is -4.84. The van der Waals surface area contributed by atoms with Crippen molar-refractivity contribution >= 4 is 45.9 Å². The molecule has 0 saturated heterocycles. The lowest BCUT2D eigenvalue weighted by Crippen LogP contribution is -2.39. The lowest BCUT2D eigenvalue weighted by Gasteiger charge is -2.28. The molecule has 1 amide bonds. The van der Waals surface area contributed by atoms with Gasteiger partial charge in [0, 0.05) is 48.2 Å². The number of fused-ring (bicyclic) bond motifs is 2. The van der Waals surface area contributed by atoms with Gasteiger partial charge in [-0.25, -0.2) is 9.38 Å². The number of nitro benzene ring substituents is 2. The quantitative estimate of drug-likeness (QED) is 0.177. The number of aryl methyl sites for hydroxylation is 1. The molecular formula is C31H36FN7O6S. The van der Waals surface area contributed by atoms with Gasteiger partial charge in [-0.15, -0.1) is 6.42 Å². The average Bonchev–Trinajstić information content (AvgIpc) is 3.50. The average molecular weight is 654 g/mol. The summed E-state index contributed by atoms with van der Waals surface area (Å²) in [5.41, 5.74) is 1.23. The maximum Gasteiger partial charge on any atom is 0.302 e. The summed E-state index contributed by atoms with van der Waals surface area (Å²) in [6.45, 7) is 12.2. The van der Waals surface area contributed by atoms with Crippen LogP contribution in [0.25, 0.3) is 0 Å². The molecule has 3 heterocycles. The number of ether oxygens (including phenoxy) is 1. The van der Waals surface area contributed by atoms with Crippen molar-refractivity contribution in [2.45, 2.75) is 73.4 Å². The molecule has 0 spiro atoms. The van der Waals surface area contributed by atoms with E-state index in [9.17, 15) is 29.4 Å². The Bertz CT molecular complexity index is 1810. The number of anilines is 2. The third kappa shape index (κ3) is 7.02. The van der Waals surface area contributed by atoms with Crippen molar-refractivity contribution in [2.75, 3.05) is 23.4 Å². The van der Waals surface area contributed by atoms with Gasteiger partial charge < -0.3 is 14.6 Å². The molecule has 0 bridgehead atoms. The molecule has 2 aliphatic rings. The third-order valence-electron chi connectivity index (χ3n) is 7.94. The van der Waals surface area contributed by atoms with Crippen LogP contribution in [0, 0.1) is 57.7 Å². The van der Waals surface area contributed by atoms with E-state index < -0.39 is 15.7 Å². The maximum absolute atomic E-state index is 14.5. The fraction of sp³-hybridized carbons (Fsp3) is 0.452. The number of terminal acetylenes is 1. The zero-order chi connectivity index (χ0) is 33.9. The molecule has 0 fully saturated rings. The van der Waals surface area contributed by atoms with Gasteiger partial charge >= 0.3 is 5.69 Å². The van der Waals surface area contributed by atoms with Crippen LogP contribution in [0.3, 0.4) is 0 Å². The lowest BCUT2D eigenvalue weighted by atomic mass is 9.92. The number of halogens is 1. The molecule has 0 radical (unpaired) electrons. The van der Waals surface area contributed by atoms with Gasteiger partial charge in [-0.1, -0.05) is 33.6 Å². The van der Waals surface area contributed by atoms with E-state index in [4.69, 9.17) is 11.2 Å². The first-order valence-electron chi connectivity index (χ1n) is 14.7. The molecule has 0 aliphatic carbocycles. The molecule has 0 atom stereocenters. The number of hydrogen-bond donors (Lipinski definition) is 1. The summed E-state index contributed by atoms with van der Waals surface area (Å²) in [4.78, 5) is 39.9. The number of benzene rings is 2. The molecule has 3 aromatic rings. The van der Waals surface area contributed by atoms with Crippen LogP contribution in [-0.2, 0) is 17.8 Å². The Labute approximate surface area is 269 Å². The summed E-state index contributed by atoms with van der Waals surface area (Å²) >= 11 is 1.24. The Morgan fingerprint density at radius 3 is 2.52 bits per heavy atom. The van der Waals surface area contributed by atoms with Crippen LogP contribution in [0.2, 0.25) is 0 Å². The van der Waals surface area contributed by atoms with Gasteiger partial charge in [0.15, 0.2) is 18.1 Å². The zero-order valence-corrected chi connectivity index (χ0v) is 27.4. The highest BCUT2D eigenvalue weighted by molar-refractivity contribution is 7.02. The smallest absolute Gasteiger partial charge is 0.302 e. The van der Waals surface area contributed by atoms with E-state index in [0.29, 0.717) is 27.4 Å². The summed E-state index contributed by atoms with van der Waals surface area (Å²) in [6, 6.07) is 4.10. The van der Waals surface area contributed by atoms with Crippen molar-refractivity contribution in [2.24, 2.45) is 10.4 Å². The molecule has 244 valence electrons. The van der Waals surface area contributed by atoms with E-state index in [-0.39, 0.29) is 53.3 Å². The number of rotatable bonds is 8. The van der Waals surface area contributed by atoms with Crippen molar-refractivity contribution in [3.8, 4) is 18.1 Å². The van der Waals surface area contributed by atoms with Crippen LogP contribution in [0.4, 0.5) is 32.8 Å². The van der Waals surface area contributed by atoms with Crippen LogP contribution in [-0.4, -0.2) is 43.9 Å². The number of hydrogen-bond acceptors (Lipinski definition) is 10. The second kappa shape index (κ2) is 13.7. The second-order valence-electron chi connectivity index (χ2n) is 11.9. The minimum absolute atomic E-state index is 0.0109. The molecule has 0 unspecified atom stereocenters. The van der Waals surface area contributed by atoms with Crippen LogP contribution >= 0.6 is 11.5 Å².